The van der Waals surface area contributed by atoms with Crippen LogP contribution >= 0.6 is 0 Å². The molecule has 1 saturated carbocycles. The average molecular weight is 332 g/mol. The van der Waals surface area contributed by atoms with Crippen molar-refractivity contribution in [2.45, 2.75) is 64.8 Å². The number of rotatable bonds is 7. The fourth-order valence-electron chi connectivity index (χ4n) is 2.65. The van der Waals surface area contributed by atoms with Crippen molar-refractivity contribution in [3.05, 3.63) is 17.7 Å². The summed E-state index contributed by atoms with van der Waals surface area (Å²) in [5.41, 5.74) is 0.314. The lowest BCUT2D eigenvalue weighted by atomic mass is 10.1. The highest BCUT2D eigenvalue weighted by Crippen LogP contribution is 2.41. The lowest BCUT2D eigenvalue weighted by Crippen LogP contribution is -2.20. The molecule has 23 heavy (non-hydrogen) atoms. The Balaban J connectivity index is 2.23. The molecule has 1 aromatic carbocycles. The molecular formula is C17H23F3O3. The minimum Gasteiger partial charge on any atom is -0.493 e. The van der Waals surface area contributed by atoms with Crippen LogP contribution in [-0.2, 0) is 0 Å². The summed E-state index contributed by atoms with van der Waals surface area (Å²) in [6.45, 7) is 4.04. The van der Waals surface area contributed by atoms with E-state index in [9.17, 15) is 13.2 Å². The van der Waals surface area contributed by atoms with Gasteiger partial charge in [-0.25, -0.2) is 0 Å². The second-order valence-electron chi connectivity index (χ2n) is 5.79. The van der Waals surface area contributed by atoms with E-state index in [1.165, 1.54) is 6.07 Å². The molecule has 2 rings (SSSR count). The molecule has 0 spiro atoms. The van der Waals surface area contributed by atoms with Gasteiger partial charge in [-0.1, -0.05) is 13.3 Å². The Morgan fingerprint density at radius 2 is 1.78 bits per heavy atom. The van der Waals surface area contributed by atoms with E-state index in [2.05, 4.69) is 4.74 Å². The van der Waals surface area contributed by atoms with Crippen LogP contribution in [0.4, 0.5) is 13.2 Å². The fourth-order valence-corrected chi connectivity index (χ4v) is 2.65. The molecule has 0 saturated heterocycles. The monoisotopic (exact) mass is 332 g/mol. The van der Waals surface area contributed by atoms with Gasteiger partial charge in [0.2, 0.25) is 0 Å². The van der Waals surface area contributed by atoms with E-state index in [1.54, 1.807) is 13.0 Å². The van der Waals surface area contributed by atoms with Crippen molar-refractivity contribution in [2.24, 2.45) is 0 Å². The molecule has 1 fully saturated rings. The van der Waals surface area contributed by atoms with Gasteiger partial charge >= 0.3 is 6.36 Å². The number of alkyl halides is 3. The smallest absolute Gasteiger partial charge is 0.493 e. The summed E-state index contributed by atoms with van der Waals surface area (Å²) in [6, 6.07) is 3.16. The summed E-state index contributed by atoms with van der Waals surface area (Å²) in [4.78, 5) is 0. The number of hydrogen-bond donors (Lipinski definition) is 0. The molecule has 0 aliphatic heterocycles. The molecule has 1 aliphatic carbocycles. The van der Waals surface area contributed by atoms with E-state index in [4.69, 9.17) is 9.47 Å². The van der Waals surface area contributed by atoms with Gasteiger partial charge in [-0.3, -0.25) is 0 Å². The van der Waals surface area contributed by atoms with Gasteiger partial charge in [0, 0.05) is 5.56 Å². The summed E-state index contributed by atoms with van der Waals surface area (Å²) in [5, 5.41) is 0. The zero-order chi connectivity index (χ0) is 16.9. The van der Waals surface area contributed by atoms with Gasteiger partial charge in [0.15, 0.2) is 11.5 Å². The summed E-state index contributed by atoms with van der Waals surface area (Å²) in [5.74, 6) is 0.240. The highest BCUT2D eigenvalue weighted by molar-refractivity contribution is 5.53. The van der Waals surface area contributed by atoms with E-state index in [-0.39, 0.29) is 17.6 Å². The van der Waals surface area contributed by atoms with Crippen molar-refractivity contribution in [1.29, 1.82) is 0 Å². The maximum absolute atomic E-state index is 12.7. The predicted molar refractivity (Wildman–Crippen MR) is 81.1 cm³/mol. The van der Waals surface area contributed by atoms with Crippen LogP contribution in [0.3, 0.4) is 0 Å². The molecule has 0 heterocycles. The fraction of sp³-hybridized carbons (Fsp3) is 0.647. The lowest BCUT2D eigenvalue weighted by molar-refractivity contribution is -0.275. The second kappa shape index (κ2) is 7.79. The zero-order valence-electron chi connectivity index (χ0n) is 13.5. The van der Waals surface area contributed by atoms with Crippen molar-refractivity contribution < 1.29 is 27.4 Å². The summed E-state index contributed by atoms with van der Waals surface area (Å²) >= 11 is 0. The van der Waals surface area contributed by atoms with Crippen LogP contribution in [-0.4, -0.2) is 19.1 Å². The molecule has 0 bridgehead atoms. The van der Waals surface area contributed by atoms with Crippen LogP contribution in [0.5, 0.6) is 17.2 Å². The molecule has 0 unspecified atom stereocenters. The van der Waals surface area contributed by atoms with Crippen molar-refractivity contribution >= 4 is 0 Å². The Morgan fingerprint density at radius 1 is 1.13 bits per heavy atom. The second-order valence-corrected chi connectivity index (χ2v) is 5.79. The molecule has 0 radical (unpaired) electrons. The normalized spacial score (nSPS) is 15.7. The molecule has 130 valence electrons. The summed E-state index contributed by atoms with van der Waals surface area (Å²) in [6.07, 6.45) is 0.786. The van der Waals surface area contributed by atoms with Gasteiger partial charge in [-0.2, -0.15) is 0 Å². The first-order valence-electron chi connectivity index (χ1n) is 8.09. The highest BCUT2D eigenvalue weighted by atomic mass is 19.4. The van der Waals surface area contributed by atoms with Crippen LogP contribution in [0.1, 0.15) is 51.0 Å². The van der Waals surface area contributed by atoms with Crippen LogP contribution in [0.15, 0.2) is 12.1 Å². The Labute approximate surface area is 134 Å². The first-order valence-corrected chi connectivity index (χ1v) is 8.09. The Hall–Kier alpha value is -1.59. The Morgan fingerprint density at radius 3 is 2.39 bits per heavy atom. The molecule has 0 amide bonds. The maximum atomic E-state index is 12.7. The standard InChI is InChI=1S/C17H23F3O3/c1-3-4-11-21-14-9-10-15(22-13-7-5-6-8-13)16(12(14)2)23-17(18,19)20/h9-10,13H,3-8,11H2,1-2H3. The molecule has 6 heteroatoms. The summed E-state index contributed by atoms with van der Waals surface area (Å²) < 4.78 is 53.7. The van der Waals surface area contributed by atoms with Crippen LogP contribution in [0.2, 0.25) is 0 Å². The molecular weight excluding hydrogens is 309 g/mol. The quantitative estimate of drug-likeness (QED) is 0.626. The number of halogens is 3. The average Bonchev–Trinajstić information content (AvgIpc) is 2.97. The first kappa shape index (κ1) is 17.8. The van der Waals surface area contributed by atoms with E-state index < -0.39 is 6.36 Å². The molecule has 0 atom stereocenters. The zero-order valence-corrected chi connectivity index (χ0v) is 13.5. The number of hydrogen-bond acceptors (Lipinski definition) is 3. The number of benzene rings is 1. The predicted octanol–water partition coefficient (Wildman–Crippen LogP) is 5.39. The van der Waals surface area contributed by atoms with Gasteiger partial charge in [-0.05, 0) is 51.2 Å². The van der Waals surface area contributed by atoms with Gasteiger partial charge in [0.25, 0.3) is 0 Å². The van der Waals surface area contributed by atoms with Crippen LogP contribution < -0.4 is 14.2 Å². The summed E-state index contributed by atoms with van der Waals surface area (Å²) in [7, 11) is 0. The number of ether oxygens (including phenoxy) is 3. The minimum atomic E-state index is -4.76. The van der Waals surface area contributed by atoms with E-state index >= 15 is 0 Å². The van der Waals surface area contributed by atoms with Crippen molar-refractivity contribution in [3.8, 4) is 17.2 Å². The Kier molecular flexibility index (Phi) is 6.02. The molecule has 1 aliphatic rings. The van der Waals surface area contributed by atoms with Gasteiger partial charge in [-0.15, -0.1) is 13.2 Å². The van der Waals surface area contributed by atoms with Gasteiger partial charge < -0.3 is 14.2 Å². The number of unbranched alkanes of at least 4 members (excludes halogenated alkanes) is 1. The lowest BCUT2D eigenvalue weighted by Gasteiger charge is -2.21. The van der Waals surface area contributed by atoms with E-state index in [1.807, 2.05) is 6.92 Å². The Bertz CT molecular complexity index is 509. The first-order chi connectivity index (χ1) is 10.9. The van der Waals surface area contributed by atoms with Gasteiger partial charge in [0.05, 0.1) is 12.7 Å². The third kappa shape index (κ3) is 5.22. The minimum absolute atomic E-state index is 0.0446. The van der Waals surface area contributed by atoms with Crippen molar-refractivity contribution in [2.75, 3.05) is 6.61 Å². The largest absolute Gasteiger partial charge is 0.573 e. The topological polar surface area (TPSA) is 27.7 Å². The highest BCUT2D eigenvalue weighted by Gasteiger charge is 2.34. The van der Waals surface area contributed by atoms with Crippen molar-refractivity contribution in [1.82, 2.24) is 0 Å². The van der Waals surface area contributed by atoms with Crippen LogP contribution in [0.25, 0.3) is 0 Å². The third-order valence-corrected chi connectivity index (χ3v) is 3.89. The SMILES string of the molecule is CCCCOc1ccc(OC2CCCC2)c(OC(F)(F)F)c1C. The van der Waals surface area contributed by atoms with Crippen LogP contribution in [0, 0.1) is 6.92 Å². The maximum Gasteiger partial charge on any atom is 0.573 e. The molecule has 1 aromatic rings. The third-order valence-electron chi connectivity index (χ3n) is 3.89. The molecule has 0 aromatic heterocycles. The van der Waals surface area contributed by atoms with Crippen molar-refractivity contribution in [3.63, 3.8) is 0 Å². The van der Waals surface area contributed by atoms with E-state index in [0.29, 0.717) is 17.9 Å². The van der Waals surface area contributed by atoms with Gasteiger partial charge in [0.1, 0.15) is 5.75 Å². The molecule has 0 N–H and O–H groups in total. The molecule has 3 nitrogen and oxygen atoms in total. The van der Waals surface area contributed by atoms with E-state index in [0.717, 1.165) is 38.5 Å².